The summed E-state index contributed by atoms with van der Waals surface area (Å²) in [6.45, 7) is 0.383. The Bertz CT molecular complexity index is 780. The molecule has 3 rings (SSSR count). The van der Waals surface area contributed by atoms with Crippen LogP contribution < -0.4 is 20.5 Å². The van der Waals surface area contributed by atoms with Crippen molar-refractivity contribution < 1.29 is 9.47 Å². The van der Waals surface area contributed by atoms with Crippen LogP contribution in [-0.4, -0.2) is 25.2 Å². The van der Waals surface area contributed by atoms with Crippen LogP contribution in [0.3, 0.4) is 0 Å². The summed E-state index contributed by atoms with van der Waals surface area (Å²) in [6.07, 6.45) is 4.69. The minimum Gasteiger partial charge on any atom is -0.481 e. The van der Waals surface area contributed by atoms with E-state index in [2.05, 4.69) is 33.5 Å². The highest BCUT2D eigenvalue weighted by Gasteiger charge is 2.13. The van der Waals surface area contributed by atoms with Crippen molar-refractivity contribution in [3.05, 3.63) is 47.0 Å². The van der Waals surface area contributed by atoms with Gasteiger partial charge in [0.15, 0.2) is 5.96 Å². The molecule has 3 N–H and O–H groups in total. The molecule has 1 aromatic heterocycles. The number of hydrogen-bond acceptors (Lipinski definition) is 4. The van der Waals surface area contributed by atoms with Gasteiger partial charge in [-0.05, 0) is 48.9 Å². The Morgan fingerprint density at radius 3 is 2.73 bits per heavy atom. The molecule has 0 saturated heterocycles. The van der Waals surface area contributed by atoms with Crippen LogP contribution in [0.2, 0.25) is 0 Å². The SMILES string of the molecule is COc1ccc(CN=C(N)Nc2cccc3c2CCCC3)c(OC)n1.I. The van der Waals surface area contributed by atoms with E-state index in [4.69, 9.17) is 15.2 Å². The Morgan fingerprint density at radius 1 is 1.15 bits per heavy atom. The normalized spacial score (nSPS) is 13.4. The molecule has 1 aromatic carbocycles. The molecule has 26 heavy (non-hydrogen) atoms. The van der Waals surface area contributed by atoms with Gasteiger partial charge in [0.2, 0.25) is 11.8 Å². The van der Waals surface area contributed by atoms with Crippen molar-refractivity contribution in [1.29, 1.82) is 0 Å². The molecule has 7 heteroatoms. The maximum absolute atomic E-state index is 6.09. The maximum atomic E-state index is 6.09. The van der Waals surface area contributed by atoms with Gasteiger partial charge >= 0.3 is 0 Å². The zero-order valence-electron chi connectivity index (χ0n) is 15.1. The molecule has 0 bridgehead atoms. The Hall–Kier alpha value is -2.03. The Kier molecular flexibility index (Phi) is 7.50. The number of anilines is 1. The largest absolute Gasteiger partial charge is 0.481 e. The molecule has 0 saturated carbocycles. The highest BCUT2D eigenvalue weighted by atomic mass is 127. The molecule has 0 atom stereocenters. The summed E-state index contributed by atoms with van der Waals surface area (Å²) >= 11 is 0. The van der Waals surface area contributed by atoms with Crippen LogP contribution in [0.4, 0.5) is 5.69 Å². The number of aryl methyl sites for hydroxylation is 1. The molecule has 6 nitrogen and oxygen atoms in total. The fraction of sp³-hybridized carbons (Fsp3) is 0.368. The third-order valence-corrected chi connectivity index (χ3v) is 4.39. The van der Waals surface area contributed by atoms with Crippen LogP contribution >= 0.6 is 24.0 Å². The van der Waals surface area contributed by atoms with Crippen LogP contribution in [0.5, 0.6) is 11.8 Å². The number of nitrogens with one attached hydrogen (secondary N) is 1. The number of rotatable bonds is 5. The number of nitrogens with two attached hydrogens (primary N) is 1. The van der Waals surface area contributed by atoms with Crippen molar-refractivity contribution in [2.45, 2.75) is 32.2 Å². The molecule has 0 spiro atoms. The van der Waals surface area contributed by atoms with Crippen molar-refractivity contribution >= 4 is 35.6 Å². The van der Waals surface area contributed by atoms with Crippen LogP contribution in [0.1, 0.15) is 29.5 Å². The van der Waals surface area contributed by atoms with Crippen molar-refractivity contribution in [3.8, 4) is 11.8 Å². The standard InChI is InChI=1S/C19H24N4O2.HI/c1-24-17-11-10-14(18(23-17)25-2)12-21-19(20)22-16-9-5-7-13-6-3-4-8-15(13)16;/h5,7,9-11H,3-4,6,8,12H2,1-2H3,(H3,20,21,22);1H. The van der Waals surface area contributed by atoms with E-state index in [9.17, 15) is 0 Å². The Balaban J connectivity index is 0.00000243. The van der Waals surface area contributed by atoms with Gasteiger partial charge in [0.05, 0.1) is 20.8 Å². The lowest BCUT2D eigenvalue weighted by molar-refractivity contribution is 0.361. The van der Waals surface area contributed by atoms with Crippen LogP contribution in [0, 0.1) is 0 Å². The van der Waals surface area contributed by atoms with Crippen LogP contribution in [-0.2, 0) is 19.4 Å². The number of aromatic nitrogens is 1. The fourth-order valence-electron chi connectivity index (χ4n) is 3.11. The molecule has 0 unspecified atom stereocenters. The van der Waals surface area contributed by atoms with Gasteiger partial charge < -0.3 is 20.5 Å². The van der Waals surface area contributed by atoms with Crippen LogP contribution in [0.25, 0.3) is 0 Å². The highest BCUT2D eigenvalue weighted by Crippen LogP contribution is 2.27. The van der Waals surface area contributed by atoms with E-state index in [0.29, 0.717) is 24.3 Å². The number of halogens is 1. The quantitative estimate of drug-likeness (QED) is 0.399. The summed E-state index contributed by atoms with van der Waals surface area (Å²) in [6, 6.07) is 9.98. The minimum atomic E-state index is 0. The van der Waals surface area contributed by atoms with Gasteiger partial charge in [-0.2, -0.15) is 4.98 Å². The van der Waals surface area contributed by atoms with E-state index in [1.54, 1.807) is 20.3 Å². The molecule has 1 aliphatic carbocycles. The third-order valence-electron chi connectivity index (χ3n) is 4.39. The number of methoxy groups -OCH3 is 2. The average Bonchev–Trinajstić information content (AvgIpc) is 2.66. The summed E-state index contributed by atoms with van der Waals surface area (Å²) in [4.78, 5) is 8.68. The molecular weight excluding hydrogens is 443 g/mol. The first-order valence-corrected chi connectivity index (χ1v) is 8.47. The predicted molar refractivity (Wildman–Crippen MR) is 115 cm³/mol. The number of ether oxygens (including phenoxy) is 2. The third kappa shape index (κ3) is 4.78. The van der Waals surface area contributed by atoms with Gasteiger partial charge in [0.25, 0.3) is 0 Å². The van der Waals surface area contributed by atoms with Gasteiger partial charge in [-0.15, -0.1) is 24.0 Å². The van der Waals surface area contributed by atoms with Gasteiger partial charge in [-0.1, -0.05) is 12.1 Å². The number of hydrogen-bond donors (Lipinski definition) is 2. The van der Waals surface area contributed by atoms with Gasteiger partial charge in [-0.25, -0.2) is 4.99 Å². The molecule has 0 radical (unpaired) electrons. The first-order chi connectivity index (χ1) is 12.2. The first kappa shape index (κ1) is 20.3. The average molecular weight is 468 g/mol. The Morgan fingerprint density at radius 2 is 1.96 bits per heavy atom. The topological polar surface area (TPSA) is 81.8 Å². The molecular formula is C19H25IN4O2. The van der Waals surface area contributed by atoms with Crippen LogP contribution in [0.15, 0.2) is 35.3 Å². The zero-order valence-corrected chi connectivity index (χ0v) is 17.4. The minimum absolute atomic E-state index is 0. The summed E-state index contributed by atoms with van der Waals surface area (Å²) in [5.41, 5.74) is 10.8. The number of benzene rings is 1. The van der Waals surface area contributed by atoms with E-state index in [1.165, 1.54) is 24.0 Å². The number of guanidine groups is 1. The monoisotopic (exact) mass is 468 g/mol. The van der Waals surface area contributed by atoms with E-state index < -0.39 is 0 Å². The smallest absolute Gasteiger partial charge is 0.221 e. The lowest BCUT2D eigenvalue weighted by Gasteiger charge is -2.19. The number of pyridine rings is 1. The molecule has 0 fully saturated rings. The van der Waals surface area contributed by atoms with Crippen molar-refractivity contribution in [3.63, 3.8) is 0 Å². The van der Waals surface area contributed by atoms with Gasteiger partial charge in [0.1, 0.15) is 0 Å². The van der Waals surface area contributed by atoms with E-state index >= 15 is 0 Å². The predicted octanol–water partition coefficient (Wildman–Crippen LogP) is 3.52. The molecule has 2 aromatic rings. The number of aliphatic imine (C=N–C) groups is 1. The zero-order chi connectivity index (χ0) is 17.6. The summed E-state index contributed by atoms with van der Waals surface area (Å²) in [5.74, 6) is 1.39. The van der Waals surface area contributed by atoms with Crippen molar-refractivity contribution in [1.82, 2.24) is 4.98 Å². The van der Waals surface area contributed by atoms with E-state index in [-0.39, 0.29) is 24.0 Å². The molecule has 1 aliphatic rings. The second-order valence-electron chi connectivity index (χ2n) is 6.00. The summed E-state index contributed by atoms with van der Waals surface area (Å²) in [5, 5.41) is 3.24. The fourth-order valence-corrected chi connectivity index (χ4v) is 3.11. The second kappa shape index (κ2) is 9.61. The van der Waals surface area contributed by atoms with Crippen molar-refractivity contribution in [2.75, 3.05) is 19.5 Å². The highest BCUT2D eigenvalue weighted by molar-refractivity contribution is 14.0. The first-order valence-electron chi connectivity index (χ1n) is 8.47. The molecule has 0 amide bonds. The summed E-state index contributed by atoms with van der Waals surface area (Å²) < 4.78 is 10.4. The number of fused-ring (bicyclic) bond motifs is 1. The maximum Gasteiger partial charge on any atom is 0.221 e. The van der Waals surface area contributed by atoms with Gasteiger partial charge in [0, 0.05) is 17.3 Å². The second-order valence-corrected chi connectivity index (χ2v) is 6.00. The van der Waals surface area contributed by atoms with Crippen molar-refractivity contribution in [2.24, 2.45) is 10.7 Å². The number of nitrogens with zero attached hydrogens (tertiary/aromatic N) is 2. The van der Waals surface area contributed by atoms with E-state index in [0.717, 1.165) is 24.1 Å². The lowest BCUT2D eigenvalue weighted by atomic mass is 9.90. The van der Waals surface area contributed by atoms with Gasteiger partial charge in [-0.3, -0.25) is 0 Å². The summed E-state index contributed by atoms with van der Waals surface area (Å²) in [7, 11) is 3.15. The molecule has 140 valence electrons. The Labute approximate surface area is 171 Å². The lowest BCUT2D eigenvalue weighted by Crippen LogP contribution is -2.24. The molecule has 0 aliphatic heterocycles. The molecule has 1 heterocycles. The van der Waals surface area contributed by atoms with E-state index in [1.807, 2.05) is 6.07 Å².